The number of nitrogens with one attached hydrogen (secondary N) is 1. The van der Waals surface area contributed by atoms with E-state index < -0.39 is 0 Å². The van der Waals surface area contributed by atoms with Gasteiger partial charge in [0.25, 0.3) is 5.91 Å². The van der Waals surface area contributed by atoms with E-state index in [2.05, 4.69) is 10.3 Å². The molecule has 1 aromatic heterocycles. The van der Waals surface area contributed by atoms with Crippen molar-refractivity contribution in [1.82, 2.24) is 10.3 Å². The van der Waals surface area contributed by atoms with Crippen molar-refractivity contribution in [3.63, 3.8) is 0 Å². The molecule has 2 rings (SSSR count). The Bertz CT molecular complexity index is 380. The minimum atomic E-state index is -0.186. The molecule has 1 aromatic rings. The number of hydrogen-bond acceptors (Lipinski definition) is 2. The van der Waals surface area contributed by atoms with Gasteiger partial charge in [-0.25, -0.2) is 4.98 Å². The topological polar surface area (TPSA) is 42.0 Å². The maximum atomic E-state index is 11.8. The number of halogens is 2. The van der Waals surface area contributed by atoms with E-state index in [0.29, 0.717) is 10.7 Å². The number of aromatic nitrogens is 1. The number of nitrogens with zero attached hydrogens (tertiary/aromatic N) is 1. The molecule has 3 nitrogen and oxygen atoms in total. The van der Waals surface area contributed by atoms with Gasteiger partial charge in [0.1, 0.15) is 5.69 Å². The van der Waals surface area contributed by atoms with E-state index >= 15 is 0 Å². The van der Waals surface area contributed by atoms with Crippen molar-refractivity contribution < 1.29 is 4.79 Å². The molecule has 0 saturated heterocycles. The van der Waals surface area contributed by atoms with Crippen LogP contribution >= 0.6 is 23.2 Å². The van der Waals surface area contributed by atoms with Crippen LogP contribution < -0.4 is 5.32 Å². The summed E-state index contributed by atoms with van der Waals surface area (Å²) in [6, 6.07) is 3.32. The number of pyridine rings is 1. The Morgan fingerprint density at radius 3 is 2.81 bits per heavy atom. The third-order valence-electron chi connectivity index (χ3n) is 2.71. The van der Waals surface area contributed by atoms with E-state index in [9.17, 15) is 4.79 Å². The zero-order valence-corrected chi connectivity index (χ0v) is 10.1. The van der Waals surface area contributed by atoms with Crippen molar-refractivity contribution in [1.29, 1.82) is 0 Å². The van der Waals surface area contributed by atoms with E-state index in [1.165, 1.54) is 6.20 Å². The molecule has 1 N–H and O–H groups in total. The van der Waals surface area contributed by atoms with Crippen molar-refractivity contribution >= 4 is 29.1 Å². The minimum Gasteiger partial charge on any atom is -0.346 e. The first-order chi connectivity index (χ1) is 7.66. The van der Waals surface area contributed by atoms with E-state index in [0.717, 1.165) is 19.3 Å². The summed E-state index contributed by atoms with van der Waals surface area (Å²) in [5.74, 6) is -0.186. The summed E-state index contributed by atoms with van der Waals surface area (Å²) in [4.78, 5) is 15.7. The Morgan fingerprint density at radius 1 is 1.44 bits per heavy atom. The number of amides is 1. The highest BCUT2D eigenvalue weighted by atomic mass is 35.5. The van der Waals surface area contributed by atoms with Crippen LogP contribution in [0, 0.1) is 0 Å². The van der Waals surface area contributed by atoms with Gasteiger partial charge in [-0.1, -0.05) is 11.6 Å². The fourth-order valence-corrected chi connectivity index (χ4v) is 2.28. The largest absolute Gasteiger partial charge is 0.346 e. The molecule has 86 valence electrons. The Morgan fingerprint density at radius 2 is 2.25 bits per heavy atom. The first-order valence-electron chi connectivity index (χ1n) is 5.23. The number of alkyl halides is 1. The molecule has 16 heavy (non-hydrogen) atoms. The van der Waals surface area contributed by atoms with E-state index in [4.69, 9.17) is 23.2 Å². The summed E-state index contributed by atoms with van der Waals surface area (Å²) < 4.78 is 0. The number of rotatable bonds is 2. The molecule has 1 aliphatic rings. The van der Waals surface area contributed by atoms with Gasteiger partial charge in [-0.2, -0.15) is 0 Å². The molecule has 1 saturated carbocycles. The Kier molecular flexibility index (Phi) is 3.66. The standard InChI is InChI=1S/C11H12Cl2N2O/c12-7-4-5-10(14-6-7)11(16)15-9-3-1-2-8(9)13/h4-6,8-9H,1-3H2,(H,15,16). The molecule has 0 aliphatic heterocycles. The average molecular weight is 259 g/mol. The lowest BCUT2D eigenvalue weighted by Crippen LogP contribution is -2.38. The highest BCUT2D eigenvalue weighted by molar-refractivity contribution is 6.30. The highest BCUT2D eigenvalue weighted by Crippen LogP contribution is 2.24. The summed E-state index contributed by atoms with van der Waals surface area (Å²) in [6.07, 6.45) is 4.42. The smallest absolute Gasteiger partial charge is 0.270 e. The van der Waals surface area contributed by atoms with Crippen LogP contribution in [0.3, 0.4) is 0 Å². The fraction of sp³-hybridized carbons (Fsp3) is 0.455. The second-order valence-electron chi connectivity index (χ2n) is 3.89. The van der Waals surface area contributed by atoms with Crippen LogP contribution in [-0.4, -0.2) is 22.3 Å². The molecular weight excluding hydrogens is 247 g/mol. The summed E-state index contributed by atoms with van der Waals surface area (Å²) in [7, 11) is 0. The van der Waals surface area contributed by atoms with E-state index in [1.54, 1.807) is 12.1 Å². The predicted octanol–water partition coefficient (Wildman–Crippen LogP) is 2.62. The summed E-state index contributed by atoms with van der Waals surface area (Å²) in [6.45, 7) is 0. The van der Waals surface area contributed by atoms with Crippen LogP contribution in [-0.2, 0) is 0 Å². The van der Waals surface area contributed by atoms with Gasteiger partial charge in [0.2, 0.25) is 0 Å². The third-order valence-corrected chi connectivity index (χ3v) is 3.45. The van der Waals surface area contributed by atoms with Crippen molar-refractivity contribution in [2.75, 3.05) is 0 Å². The second-order valence-corrected chi connectivity index (χ2v) is 4.89. The van der Waals surface area contributed by atoms with Crippen molar-refractivity contribution in [3.8, 4) is 0 Å². The monoisotopic (exact) mass is 258 g/mol. The maximum absolute atomic E-state index is 11.8. The summed E-state index contributed by atoms with van der Waals surface area (Å²) in [5, 5.41) is 3.45. The minimum absolute atomic E-state index is 0.0382. The van der Waals surface area contributed by atoms with E-state index in [1.807, 2.05) is 0 Å². The van der Waals surface area contributed by atoms with Gasteiger partial charge in [0.15, 0.2) is 0 Å². The summed E-state index contributed by atoms with van der Waals surface area (Å²) >= 11 is 11.8. The van der Waals surface area contributed by atoms with Gasteiger partial charge in [0.05, 0.1) is 10.4 Å². The first-order valence-corrected chi connectivity index (χ1v) is 6.05. The average Bonchev–Trinajstić information content (AvgIpc) is 2.65. The van der Waals surface area contributed by atoms with Crippen LogP contribution in [0.1, 0.15) is 29.8 Å². The van der Waals surface area contributed by atoms with Crippen LogP contribution in [0.5, 0.6) is 0 Å². The quantitative estimate of drug-likeness (QED) is 0.829. The molecule has 0 radical (unpaired) electrons. The number of hydrogen-bond donors (Lipinski definition) is 1. The van der Waals surface area contributed by atoms with Crippen LogP contribution in [0.15, 0.2) is 18.3 Å². The molecule has 2 unspecified atom stereocenters. The zero-order valence-electron chi connectivity index (χ0n) is 8.62. The lowest BCUT2D eigenvalue weighted by atomic mass is 10.2. The van der Waals surface area contributed by atoms with Crippen molar-refractivity contribution in [3.05, 3.63) is 29.0 Å². The van der Waals surface area contributed by atoms with E-state index in [-0.39, 0.29) is 17.3 Å². The van der Waals surface area contributed by atoms with Gasteiger partial charge in [-0.05, 0) is 31.4 Å². The van der Waals surface area contributed by atoms with Gasteiger partial charge in [-0.15, -0.1) is 11.6 Å². The molecule has 0 bridgehead atoms. The highest BCUT2D eigenvalue weighted by Gasteiger charge is 2.27. The molecule has 1 aliphatic carbocycles. The fourth-order valence-electron chi connectivity index (χ4n) is 1.83. The van der Waals surface area contributed by atoms with Gasteiger partial charge in [-0.3, -0.25) is 4.79 Å². The molecule has 0 aromatic carbocycles. The van der Waals surface area contributed by atoms with Crippen LogP contribution in [0.25, 0.3) is 0 Å². The molecule has 0 spiro atoms. The van der Waals surface area contributed by atoms with Gasteiger partial charge >= 0.3 is 0 Å². The van der Waals surface area contributed by atoms with Crippen LogP contribution in [0.2, 0.25) is 5.02 Å². The van der Waals surface area contributed by atoms with Crippen molar-refractivity contribution in [2.24, 2.45) is 0 Å². The van der Waals surface area contributed by atoms with Crippen molar-refractivity contribution in [2.45, 2.75) is 30.7 Å². The predicted molar refractivity (Wildman–Crippen MR) is 64.0 cm³/mol. The lowest BCUT2D eigenvalue weighted by Gasteiger charge is -2.15. The Hall–Kier alpha value is -0.800. The number of carbonyl (C=O) groups excluding carboxylic acids is 1. The molecule has 1 amide bonds. The normalized spacial score (nSPS) is 24.4. The maximum Gasteiger partial charge on any atom is 0.270 e. The molecule has 2 atom stereocenters. The van der Waals surface area contributed by atoms with Gasteiger partial charge < -0.3 is 5.32 Å². The molecule has 5 heteroatoms. The second kappa shape index (κ2) is 5.02. The molecular formula is C11H12Cl2N2O. The molecule has 1 heterocycles. The SMILES string of the molecule is O=C(NC1CCCC1Cl)c1ccc(Cl)cn1. The van der Waals surface area contributed by atoms with Gasteiger partial charge in [0, 0.05) is 12.2 Å². The van der Waals surface area contributed by atoms with Crippen LogP contribution in [0.4, 0.5) is 0 Å². The first kappa shape index (κ1) is 11.7. The molecule has 1 fully saturated rings. The summed E-state index contributed by atoms with van der Waals surface area (Å²) in [5.41, 5.74) is 0.375. The lowest BCUT2D eigenvalue weighted by molar-refractivity contribution is 0.0933. The Balaban J connectivity index is 2.00. The Labute approximate surface area is 104 Å². The zero-order chi connectivity index (χ0) is 11.5. The third kappa shape index (κ3) is 2.66. The number of carbonyl (C=O) groups is 1.